The lowest BCUT2D eigenvalue weighted by atomic mass is 9.55. The summed E-state index contributed by atoms with van der Waals surface area (Å²) < 4.78 is 0. The van der Waals surface area contributed by atoms with Crippen LogP contribution in [0.5, 0.6) is 5.75 Å². The molecule has 4 unspecified atom stereocenters. The number of carbonyl (C=O) groups is 1. The van der Waals surface area contributed by atoms with Crippen molar-refractivity contribution >= 4 is 11.9 Å². The summed E-state index contributed by atoms with van der Waals surface area (Å²) >= 11 is 0. The summed E-state index contributed by atoms with van der Waals surface area (Å²) in [5.41, 5.74) is 4.31. The summed E-state index contributed by atoms with van der Waals surface area (Å²) in [7, 11) is 0. The summed E-state index contributed by atoms with van der Waals surface area (Å²) in [5, 5.41) is 9.83. The van der Waals surface area contributed by atoms with Crippen molar-refractivity contribution in [3.8, 4) is 5.75 Å². The molecule has 2 aromatic rings. The lowest BCUT2D eigenvalue weighted by molar-refractivity contribution is -0.127. The average molecular weight is 359 g/mol. The van der Waals surface area contributed by atoms with Crippen molar-refractivity contribution in [2.45, 2.75) is 44.9 Å². The van der Waals surface area contributed by atoms with Gasteiger partial charge in [-0.15, -0.1) is 0 Å². The van der Waals surface area contributed by atoms with Crippen LogP contribution in [0, 0.1) is 17.3 Å². The molecule has 3 heteroatoms. The van der Waals surface area contributed by atoms with Crippen LogP contribution in [0.1, 0.15) is 55.3 Å². The van der Waals surface area contributed by atoms with Crippen LogP contribution in [-0.4, -0.2) is 15.9 Å². The molecule has 0 spiro atoms. The van der Waals surface area contributed by atoms with E-state index in [1.165, 1.54) is 11.1 Å². The van der Waals surface area contributed by atoms with Crippen molar-refractivity contribution < 1.29 is 9.90 Å². The SMILES string of the molecule is CC12CCC3c4ccc(O)cc4CCC3C1CC(=Cc1ccccn1)C2=O. The summed E-state index contributed by atoms with van der Waals surface area (Å²) in [6.07, 6.45) is 8.81. The third-order valence-electron chi connectivity index (χ3n) is 7.36. The molecule has 0 bridgehead atoms. The molecule has 138 valence electrons. The molecule has 3 aliphatic rings. The third-order valence-corrected chi connectivity index (χ3v) is 7.36. The zero-order valence-electron chi connectivity index (χ0n) is 15.7. The summed E-state index contributed by atoms with van der Waals surface area (Å²) in [5.74, 6) is 2.20. The van der Waals surface area contributed by atoms with Crippen LogP contribution in [0.15, 0.2) is 48.2 Å². The molecule has 27 heavy (non-hydrogen) atoms. The van der Waals surface area contributed by atoms with Gasteiger partial charge in [-0.1, -0.05) is 19.1 Å². The van der Waals surface area contributed by atoms with Crippen LogP contribution in [0.3, 0.4) is 0 Å². The Bertz CT molecular complexity index is 933. The van der Waals surface area contributed by atoms with Crippen molar-refractivity contribution in [1.82, 2.24) is 4.98 Å². The average Bonchev–Trinajstić information content (AvgIpc) is 2.93. The van der Waals surface area contributed by atoms with Gasteiger partial charge < -0.3 is 5.11 Å². The van der Waals surface area contributed by atoms with E-state index in [0.717, 1.165) is 43.4 Å². The molecular formula is C24H25NO2. The number of benzene rings is 1. The molecule has 0 radical (unpaired) electrons. The fourth-order valence-corrected chi connectivity index (χ4v) is 6.01. The number of allylic oxidation sites excluding steroid dienone is 1. The van der Waals surface area contributed by atoms with Crippen molar-refractivity contribution in [3.63, 3.8) is 0 Å². The van der Waals surface area contributed by atoms with E-state index in [-0.39, 0.29) is 5.41 Å². The summed E-state index contributed by atoms with van der Waals surface area (Å²) in [4.78, 5) is 17.7. The van der Waals surface area contributed by atoms with E-state index >= 15 is 0 Å². The number of hydrogen-bond donors (Lipinski definition) is 1. The molecule has 1 heterocycles. The number of phenolic OH excluding ortho intramolecular Hbond substituents is 1. The van der Waals surface area contributed by atoms with Gasteiger partial charge in [0.05, 0.1) is 5.69 Å². The van der Waals surface area contributed by atoms with Crippen LogP contribution in [0.25, 0.3) is 6.08 Å². The molecule has 2 fully saturated rings. The maximum absolute atomic E-state index is 13.3. The molecule has 4 atom stereocenters. The zero-order chi connectivity index (χ0) is 18.6. The molecule has 2 saturated carbocycles. The van der Waals surface area contributed by atoms with E-state index in [9.17, 15) is 9.90 Å². The molecule has 0 aliphatic heterocycles. The molecule has 1 aromatic heterocycles. The Kier molecular flexibility index (Phi) is 3.75. The van der Waals surface area contributed by atoms with E-state index in [4.69, 9.17) is 0 Å². The Labute approximate surface area is 160 Å². The minimum Gasteiger partial charge on any atom is -0.508 e. The highest BCUT2D eigenvalue weighted by Crippen LogP contribution is 2.60. The Morgan fingerprint density at radius 3 is 2.93 bits per heavy atom. The standard InChI is InChI=1S/C24H25NO2/c1-24-10-9-20-19-8-6-18(26)13-15(19)5-7-21(20)22(24)14-16(23(24)27)12-17-4-2-3-11-25-17/h2-4,6,8,11-13,20-22,26H,5,7,9-10,14H2,1H3. The number of aromatic hydroxyl groups is 1. The van der Waals surface area contributed by atoms with Gasteiger partial charge in [-0.25, -0.2) is 0 Å². The van der Waals surface area contributed by atoms with Gasteiger partial charge in [0.15, 0.2) is 5.78 Å². The Balaban J connectivity index is 1.50. The van der Waals surface area contributed by atoms with Crippen LogP contribution in [-0.2, 0) is 11.2 Å². The molecular weight excluding hydrogens is 334 g/mol. The van der Waals surface area contributed by atoms with E-state index in [2.05, 4.69) is 18.0 Å². The molecule has 3 aliphatic carbocycles. The van der Waals surface area contributed by atoms with Gasteiger partial charge in [-0.2, -0.15) is 0 Å². The van der Waals surface area contributed by atoms with Gasteiger partial charge in [0.1, 0.15) is 5.75 Å². The fourth-order valence-electron chi connectivity index (χ4n) is 6.01. The van der Waals surface area contributed by atoms with Gasteiger partial charge in [0.25, 0.3) is 0 Å². The first-order chi connectivity index (χ1) is 13.1. The van der Waals surface area contributed by atoms with Crippen molar-refractivity contribution in [2.75, 3.05) is 0 Å². The molecule has 1 N–H and O–H groups in total. The van der Waals surface area contributed by atoms with Crippen LogP contribution >= 0.6 is 0 Å². The lowest BCUT2D eigenvalue weighted by Crippen LogP contribution is -2.42. The number of nitrogens with zero attached hydrogens (tertiary/aromatic N) is 1. The fraction of sp³-hybridized carbons (Fsp3) is 0.417. The van der Waals surface area contributed by atoms with Crippen LogP contribution in [0.2, 0.25) is 0 Å². The highest BCUT2D eigenvalue weighted by Gasteiger charge is 2.56. The van der Waals surface area contributed by atoms with E-state index in [1.54, 1.807) is 6.20 Å². The number of pyridine rings is 1. The smallest absolute Gasteiger partial charge is 0.165 e. The number of Topliss-reactive ketones (excluding diaryl/α,β-unsaturated/α-hetero) is 1. The highest BCUT2D eigenvalue weighted by atomic mass is 16.3. The van der Waals surface area contributed by atoms with E-state index in [1.807, 2.05) is 36.4 Å². The van der Waals surface area contributed by atoms with Crippen molar-refractivity contribution in [3.05, 3.63) is 65.0 Å². The summed E-state index contributed by atoms with van der Waals surface area (Å²) in [6.45, 7) is 2.20. The Morgan fingerprint density at radius 1 is 1.22 bits per heavy atom. The maximum Gasteiger partial charge on any atom is 0.165 e. The van der Waals surface area contributed by atoms with Crippen molar-refractivity contribution in [2.24, 2.45) is 17.3 Å². The number of aromatic nitrogens is 1. The normalized spacial score (nSPS) is 33.4. The van der Waals surface area contributed by atoms with Crippen LogP contribution < -0.4 is 0 Å². The van der Waals surface area contributed by atoms with Gasteiger partial charge in [-0.3, -0.25) is 9.78 Å². The second kappa shape index (κ2) is 6.05. The quantitative estimate of drug-likeness (QED) is 0.736. The molecule has 0 amide bonds. The number of ketones is 1. The lowest BCUT2D eigenvalue weighted by Gasteiger charge is -2.48. The van der Waals surface area contributed by atoms with E-state index < -0.39 is 0 Å². The molecule has 5 rings (SSSR count). The van der Waals surface area contributed by atoms with Gasteiger partial charge >= 0.3 is 0 Å². The number of carbonyl (C=O) groups excluding carboxylic acids is 1. The number of hydrogen-bond acceptors (Lipinski definition) is 3. The maximum atomic E-state index is 13.3. The number of phenols is 1. The Hall–Kier alpha value is -2.42. The highest BCUT2D eigenvalue weighted by molar-refractivity contribution is 6.05. The first-order valence-electron chi connectivity index (χ1n) is 10.0. The van der Waals surface area contributed by atoms with Crippen molar-refractivity contribution in [1.29, 1.82) is 0 Å². The largest absolute Gasteiger partial charge is 0.508 e. The number of rotatable bonds is 1. The van der Waals surface area contributed by atoms with E-state index in [0.29, 0.717) is 29.3 Å². The number of aryl methyl sites for hydroxylation is 1. The molecule has 0 saturated heterocycles. The minimum atomic E-state index is -0.226. The second-order valence-corrected chi connectivity index (χ2v) is 8.71. The predicted octanol–water partition coefficient (Wildman–Crippen LogP) is 4.91. The topological polar surface area (TPSA) is 50.2 Å². The third kappa shape index (κ3) is 2.55. The molecule has 1 aromatic carbocycles. The van der Waals surface area contributed by atoms with Gasteiger partial charge in [0.2, 0.25) is 0 Å². The predicted molar refractivity (Wildman–Crippen MR) is 105 cm³/mol. The minimum absolute atomic E-state index is 0.226. The van der Waals surface area contributed by atoms with Gasteiger partial charge in [-0.05, 0) is 96.9 Å². The second-order valence-electron chi connectivity index (χ2n) is 8.71. The van der Waals surface area contributed by atoms with Crippen LogP contribution in [0.4, 0.5) is 0 Å². The van der Waals surface area contributed by atoms with Gasteiger partial charge in [0, 0.05) is 11.6 Å². The first-order valence-corrected chi connectivity index (χ1v) is 10.0. The first kappa shape index (κ1) is 16.7. The monoisotopic (exact) mass is 359 g/mol. The Morgan fingerprint density at radius 2 is 2.11 bits per heavy atom. The zero-order valence-corrected chi connectivity index (χ0v) is 15.7. The molecule has 3 nitrogen and oxygen atoms in total. The number of fused-ring (bicyclic) bond motifs is 5. The summed E-state index contributed by atoms with van der Waals surface area (Å²) in [6, 6.07) is 11.7.